The van der Waals surface area contributed by atoms with Crippen molar-refractivity contribution in [3.8, 4) is 0 Å². The van der Waals surface area contributed by atoms with E-state index in [9.17, 15) is 0 Å². The van der Waals surface area contributed by atoms with Crippen LogP contribution in [0.25, 0.3) is 6.08 Å². The molecule has 2 nitrogen and oxygen atoms in total. The first-order chi connectivity index (χ1) is 10.3. The molecule has 0 bridgehead atoms. The Morgan fingerprint density at radius 3 is 2.57 bits per heavy atom. The van der Waals surface area contributed by atoms with Gasteiger partial charge in [0, 0.05) is 18.1 Å². The van der Waals surface area contributed by atoms with Crippen LogP contribution < -0.4 is 11.1 Å². The molecule has 2 atom stereocenters. The third kappa shape index (κ3) is 3.96. The summed E-state index contributed by atoms with van der Waals surface area (Å²) < 4.78 is 0. The van der Waals surface area contributed by atoms with E-state index in [4.69, 9.17) is 5.73 Å². The van der Waals surface area contributed by atoms with Gasteiger partial charge in [-0.1, -0.05) is 48.9 Å². The highest BCUT2D eigenvalue weighted by molar-refractivity contribution is 5.54. The normalized spacial score (nSPS) is 33.0. The molecule has 2 aliphatic rings. The lowest BCUT2D eigenvalue weighted by Gasteiger charge is -2.27. The molecule has 21 heavy (non-hydrogen) atoms. The van der Waals surface area contributed by atoms with Crippen LogP contribution in [0.15, 0.2) is 35.9 Å². The van der Waals surface area contributed by atoms with Gasteiger partial charge in [-0.3, -0.25) is 0 Å². The second-order valence-corrected chi connectivity index (χ2v) is 6.71. The molecular weight excluding hydrogens is 256 g/mol. The van der Waals surface area contributed by atoms with Crippen molar-refractivity contribution in [2.75, 3.05) is 0 Å². The van der Waals surface area contributed by atoms with E-state index in [2.05, 4.69) is 48.6 Å². The number of nitrogens with two attached hydrogens (primary N) is 1. The molecule has 1 aromatic rings. The number of hydrogen-bond donors (Lipinski definition) is 2. The molecule has 114 valence electrons. The smallest absolute Gasteiger partial charge is 0.0142 e. The van der Waals surface area contributed by atoms with Crippen molar-refractivity contribution < 1.29 is 0 Å². The Hall–Kier alpha value is -1.12. The summed E-state index contributed by atoms with van der Waals surface area (Å²) in [5, 5.41) is 3.87. The largest absolute Gasteiger partial charge is 0.328 e. The van der Waals surface area contributed by atoms with E-state index in [0.717, 1.165) is 12.3 Å². The Kier molecular flexibility index (Phi) is 4.77. The van der Waals surface area contributed by atoms with Crippen LogP contribution in [-0.4, -0.2) is 18.1 Å². The molecule has 0 aliphatic heterocycles. The molecule has 3 rings (SSSR count). The highest BCUT2D eigenvalue weighted by atomic mass is 15.0. The van der Waals surface area contributed by atoms with Crippen molar-refractivity contribution in [3.63, 3.8) is 0 Å². The van der Waals surface area contributed by atoms with Crippen LogP contribution in [0.3, 0.4) is 0 Å². The Morgan fingerprint density at radius 1 is 1.19 bits per heavy atom. The fourth-order valence-electron chi connectivity index (χ4n) is 3.61. The first-order valence-electron chi connectivity index (χ1n) is 8.53. The molecule has 0 unspecified atom stereocenters. The van der Waals surface area contributed by atoms with Gasteiger partial charge in [-0.25, -0.2) is 0 Å². The monoisotopic (exact) mass is 284 g/mol. The summed E-state index contributed by atoms with van der Waals surface area (Å²) in [5.74, 6) is 0.755. The third-order valence-electron chi connectivity index (χ3n) is 5.05. The van der Waals surface area contributed by atoms with Crippen LogP contribution in [0.4, 0.5) is 0 Å². The molecule has 0 radical (unpaired) electrons. The fraction of sp³-hybridized carbons (Fsp3) is 0.579. The highest BCUT2D eigenvalue weighted by Crippen LogP contribution is 2.40. The lowest BCUT2D eigenvalue weighted by atomic mass is 9.91. The fourth-order valence-corrected chi connectivity index (χ4v) is 3.61. The van der Waals surface area contributed by atoms with Gasteiger partial charge in [0.25, 0.3) is 0 Å². The number of benzene rings is 1. The molecule has 3 N–H and O–H groups in total. The van der Waals surface area contributed by atoms with E-state index in [1.54, 1.807) is 5.57 Å². The Labute approximate surface area is 128 Å². The lowest BCUT2D eigenvalue weighted by molar-refractivity contribution is 0.338. The van der Waals surface area contributed by atoms with Gasteiger partial charge in [0.2, 0.25) is 0 Å². The number of rotatable bonds is 5. The minimum atomic E-state index is 0.447. The van der Waals surface area contributed by atoms with Gasteiger partial charge in [-0.15, -0.1) is 0 Å². The van der Waals surface area contributed by atoms with Crippen LogP contribution in [-0.2, 0) is 0 Å². The topological polar surface area (TPSA) is 38.0 Å². The summed E-state index contributed by atoms with van der Waals surface area (Å²) in [5.41, 5.74) is 8.93. The predicted molar refractivity (Wildman–Crippen MR) is 90.0 cm³/mol. The van der Waals surface area contributed by atoms with Crippen molar-refractivity contribution >= 4 is 6.08 Å². The molecule has 0 aromatic heterocycles. The SMILES string of the molecule is CC/C(=C\c1ccccc1)[C@@H]1C[C@H]1NC1CCC(N)CC1. The standard InChI is InChI=1S/C19H28N2/c1-2-15(12-14-6-4-3-5-7-14)18-13-19(18)21-17-10-8-16(20)9-11-17/h3-7,12,16-19,21H,2,8-11,13,20H2,1H3/b15-12+/t16?,17?,18-,19+/m0/s1. The maximum absolute atomic E-state index is 5.99. The summed E-state index contributed by atoms with van der Waals surface area (Å²) in [7, 11) is 0. The molecule has 0 amide bonds. The van der Waals surface area contributed by atoms with E-state index < -0.39 is 0 Å². The lowest BCUT2D eigenvalue weighted by Crippen LogP contribution is -2.38. The maximum atomic E-state index is 5.99. The zero-order valence-corrected chi connectivity index (χ0v) is 13.1. The summed E-state index contributed by atoms with van der Waals surface area (Å²) >= 11 is 0. The van der Waals surface area contributed by atoms with Crippen LogP contribution in [0, 0.1) is 5.92 Å². The second kappa shape index (κ2) is 6.76. The highest BCUT2D eigenvalue weighted by Gasteiger charge is 2.40. The van der Waals surface area contributed by atoms with Gasteiger partial charge in [0.1, 0.15) is 0 Å². The number of hydrogen-bond acceptors (Lipinski definition) is 2. The molecule has 1 aromatic carbocycles. The average Bonchev–Trinajstić information content (AvgIpc) is 3.27. The Morgan fingerprint density at radius 2 is 1.90 bits per heavy atom. The Bertz CT molecular complexity index is 472. The molecule has 2 saturated carbocycles. The van der Waals surface area contributed by atoms with E-state index in [0.29, 0.717) is 18.1 Å². The van der Waals surface area contributed by atoms with Gasteiger partial charge in [0.15, 0.2) is 0 Å². The maximum Gasteiger partial charge on any atom is 0.0142 e. The third-order valence-corrected chi connectivity index (χ3v) is 5.05. The second-order valence-electron chi connectivity index (χ2n) is 6.71. The van der Waals surface area contributed by atoms with E-state index in [1.165, 1.54) is 37.7 Å². The summed E-state index contributed by atoms with van der Waals surface area (Å²) in [6.07, 6.45) is 9.76. The van der Waals surface area contributed by atoms with Gasteiger partial charge in [-0.2, -0.15) is 0 Å². The van der Waals surface area contributed by atoms with E-state index in [-0.39, 0.29) is 0 Å². The number of nitrogens with one attached hydrogen (secondary N) is 1. The van der Waals surface area contributed by atoms with E-state index in [1.807, 2.05) is 0 Å². The van der Waals surface area contributed by atoms with Crippen molar-refractivity contribution in [1.82, 2.24) is 5.32 Å². The van der Waals surface area contributed by atoms with Gasteiger partial charge >= 0.3 is 0 Å². The van der Waals surface area contributed by atoms with Crippen LogP contribution in [0.5, 0.6) is 0 Å². The predicted octanol–water partition coefficient (Wildman–Crippen LogP) is 3.73. The van der Waals surface area contributed by atoms with Crippen LogP contribution >= 0.6 is 0 Å². The van der Waals surface area contributed by atoms with Crippen LogP contribution in [0.1, 0.15) is 51.0 Å². The quantitative estimate of drug-likeness (QED) is 0.864. The van der Waals surface area contributed by atoms with Crippen molar-refractivity contribution in [2.45, 2.75) is 63.6 Å². The molecule has 0 spiro atoms. The van der Waals surface area contributed by atoms with Crippen molar-refractivity contribution in [3.05, 3.63) is 41.5 Å². The van der Waals surface area contributed by atoms with E-state index >= 15 is 0 Å². The summed E-state index contributed by atoms with van der Waals surface area (Å²) in [6, 6.07) is 12.6. The first-order valence-corrected chi connectivity index (χ1v) is 8.53. The minimum absolute atomic E-state index is 0.447. The molecule has 2 heteroatoms. The van der Waals surface area contributed by atoms with Crippen molar-refractivity contribution in [1.29, 1.82) is 0 Å². The van der Waals surface area contributed by atoms with Crippen LogP contribution in [0.2, 0.25) is 0 Å². The summed E-state index contributed by atoms with van der Waals surface area (Å²) in [4.78, 5) is 0. The summed E-state index contributed by atoms with van der Waals surface area (Å²) in [6.45, 7) is 2.28. The van der Waals surface area contributed by atoms with Gasteiger partial charge in [-0.05, 0) is 50.0 Å². The molecule has 2 aliphatic carbocycles. The molecule has 0 heterocycles. The van der Waals surface area contributed by atoms with Gasteiger partial charge in [0.05, 0.1) is 0 Å². The zero-order valence-electron chi connectivity index (χ0n) is 13.1. The van der Waals surface area contributed by atoms with Crippen molar-refractivity contribution in [2.24, 2.45) is 11.7 Å². The van der Waals surface area contributed by atoms with Gasteiger partial charge < -0.3 is 11.1 Å². The average molecular weight is 284 g/mol. The zero-order chi connectivity index (χ0) is 14.7. The first kappa shape index (κ1) is 14.8. The molecule has 0 saturated heterocycles. The molecular formula is C19H28N2. The Balaban J connectivity index is 1.54. The molecule has 2 fully saturated rings. The minimum Gasteiger partial charge on any atom is -0.328 e.